The van der Waals surface area contributed by atoms with E-state index in [4.69, 9.17) is 23.2 Å². The van der Waals surface area contributed by atoms with Crippen LogP contribution in [0.1, 0.15) is 31.7 Å². The molecule has 0 radical (unpaired) electrons. The van der Waals surface area contributed by atoms with Crippen LogP contribution in [0.4, 0.5) is 11.4 Å². The van der Waals surface area contributed by atoms with E-state index in [0.717, 1.165) is 5.56 Å². The molecule has 4 rings (SSSR count). The van der Waals surface area contributed by atoms with Gasteiger partial charge in [0, 0.05) is 27.8 Å². The van der Waals surface area contributed by atoms with Crippen LogP contribution in [0.5, 0.6) is 0 Å². The molecule has 0 spiro atoms. The highest BCUT2D eigenvalue weighted by atomic mass is 35.5. The fourth-order valence-corrected chi connectivity index (χ4v) is 4.67. The molecule has 8 nitrogen and oxygen atoms in total. The Morgan fingerprint density at radius 2 is 1.67 bits per heavy atom. The topological polar surface area (TPSA) is 111 Å². The number of carbonyl (C=O) groups excluding carboxylic acids is 3. The number of nitrogens with one attached hydrogen (secondary N) is 5. The molecule has 2 fully saturated rings. The molecule has 33 heavy (non-hydrogen) atoms. The van der Waals surface area contributed by atoms with Crippen molar-refractivity contribution in [2.45, 2.75) is 38.6 Å². The molecule has 2 aliphatic heterocycles. The third-order valence-electron chi connectivity index (χ3n) is 5.81. The number of benzene rings is 2. The van der Waals surface area contributed by atoms with Crippen molar-refractivity contribution in [2.75, 3.05) is 10.6 Å². The summed E-state index contributed by atoms with van der Waals surface area (Å²) in [6, 6.07) is 12.5. The maximum Gasteiger partial charge on any atom is 0.229 e. The predicted octanol–water partition coefficient (Wildman–Crippen LogP) is 3.25. The molecule has 2 aliphatic rings. The molecule has 0 saturated carbocycles. The van der Waals surface area contributed by atoms with Crippen LogP contribution >= 0.6 is 23.2 Å². The second kappa shape index (κ2) is 9.59. The van der Waals surface area contributed by atoms with Crippen LogP contribution in [0.2, 0.25) is 10.0 Å². The molecule has 4 atom stereocenters. The largest absolute Gasteiger partial charge is 0.353 e. The Morgan fingerprint density at radius 1 is 1.00 bits per heavy atom. The van der Waals surface area contributed by atoms with Gasteiger partial charge in [0.15, 0.2) is 6.29 Å². The molecule has 174 valence electrons. The first-order chi connectivity index (χ1) is 15.7. The van der Waals surface area contributed by atoms with Gasteiger partial charge in [-0.1, -0.05) is 49.2 Å². The lowest BCUT2D eigenvalue weighted by molar-refractivity contribution is -0.144. The van der Waals surface area contributed by atoms with Crippen molar-refractivity contribution in [2.24, 2.45) is 11.8 Å². The Bertz CT molecular complexity index is 1060. The van der Waals surface area contributed by atoms with Gasteiger partial charge < -0.3 is 21.3 Å². The number of halogens is 2. The molecule has 3 amide bonds. The molecule has 0 aromatic heterocycles. The van der Waals surface area contributed by atoms with E-state index in [9.17, 15) is 14.4 Å². The minimum atomic E-state index is -0.817. The first kappa shape index (κ1) is 23.4. The first-order valence-corrected chi connectivity index (χ1v) is 11.4. The number of carbonyl (C=O) groups is 3. The summed E-state index contributed by atoms with van der Waals surface area (Å²) in [4.78, 5) is 38.4. The molecular formula is C23H25Cl2N5O3. The molecule has 10 heteroatoms. The van der Waals surface area contributed by atoms with Gasteiger partial charge in [0.1, 0.15) is 0 Å². The molecule has 2 saturated heterocycles. The lowest BCUT2D eigenvalue weighted by atomic mass is 9.81. The van der Waals surface area contributed by atoms with E-state index in [0.29, 0.717) is 27.3 Å². The van der Waals surface area contributed by atoms with Crippen molar-refractivity contribution in [3.63, 3.8) is 0 Å². The molecule has 4 unspecified atom stereocenters. The van der Waals surface area contributed by atoms with Crippen LogP contribution in [0.3, 0.4) is 0 Å². The average Bonchev–Trinajstić information content (AvgIpc) is 2.72. The maximum absolute atomic E-state index is 13.0. The summed E-state index contributed by atoms with van der Waals surface area (Å²) >= 11 is 12.1. The zero-order chi connectivity index (χ0) is 23.7. The predicted molar refractivity (Wildman–Crippen MR) is 128 cm³/mol. The van der Waals surface area contributed by atoms with Crippen molar-refractivity contribution in [3.8, 4) is 0 Å². The van der Waals surface area contributed by atoms with Crippen molar-refractivity contribution >= 4 is 52.3 Å². The van der Waals surface area contributed by atoms with Crippen LogP contribution in [0.15, 0.2) is 42.5 Å². The van der Waals surface area contributed by atoms with E-state index in [1.54, 1.807) is 18.2 Å². The maximum atomic E-state index is 13.0. The normalized spacial score (nSPS) is 24.5. The smallest absolute Gasteiger partial charge is 0.229 e. The average molecular weight is 490 g/mol. The monoisotopic (exact) mass is 489 g/mol. The van der Waals surface area contributed by atoms with E-state index in [1.165, 1.54) is 0 Å². The summed E-state index contributed by atoms with van der Waals surface area (Å²) < 4.78 is 0. The number of anilines is 2. The van der Waals surface area contributed by atoms with Crippen molar-refractivity contribution in [1.82, 2.24) is 16.0 Å². The third kappa shape index (κ3) is 5.40. The Morgan fingerprint density at radius 3 is 2.30 bits per heavy atom. The molecule has 2 aromatic rings. The lowest BCUT2D eigenvalue weighted by Crippen LogP contribution is -2.72. The van der Waals surface area contributed by atoms with Crippen LogP contribution < -0.4 is 26.6 Å². The minimum Gasteiger partial charge on any atom is -0.353 e. The van der Waals surface area contributed by atoms with E-state index in [1.807, 2.05) is 24.3 Å². The molecule has 0 aliphatic carbocycles. The van der Waals surface area contributed by atoms with E-state index in [-0.39, 0.29) is 24.1 Å². The second-order valence-corrected chi connectivity index (χ2v) is 9.43. The van der Waals surface area contributed by atoms with Crippen molar-refractivity contribution < 1.29 is 14.4 Å². The Hall–Kier alpha value is -2.81. The van der Waals surface area contributed by atoms with Crippen LogP contribution in [0, 0.1) is 11.8 Å². The summed E-state index contributed by atoms with van der Waals surface area (Å²) in [5, 5.41) is 15.5. The zero-order valence-corrected chi connectivity index (χ0v) is 19.6. The standard InChI is InChI=1S/C23H25Cl2N5O3/c1-11(2)12-3-5-15(6-4-12)26-21(32)17-10-18(31)28-20-19(17)22(33)30-23(29-20)27-16-8-13(24)7-14(25)9-16/h3-9,11,17,19-20,23,27,29H,10H2,1-2H3,(H,26,32)(H,28,31)(H,30,33). The van der Waals surface area contributed by atoms with E-state index >= 15 is 0 Å². The van der Waals surface area contributed by atoms with E-state index in [2.05, 4.69) is 40.4 Å². The molecular weight excluding hydrogens is 465 g/mol. The van der Waals surface area contributed by atoms with Gasteiger partial charge in [-0.05, 0) is 41.8 Å². The summed E-state index contributed by atoms with van der Waals surface area (Å²) in [6.45, 7) is 4.18. The Balaban J connectivity index is 1.46. The summed E-state index contributed by atoms with van der Waals surface area (Å²) in [6.07, 6.45) is -1.49. The van der Waals surface area contributed by atoms with Gasteiger partial charge in [-0.25, -0.2) is 0 Å². The van der Waals surface area contributed by atoms with Crippen molar-refractivity contribution in [3.05, 3.63) is 58.1 Å². The third-order valence-corrected chi connectivity index (χ3v) is 6.24. The highest BCUT2D eigenvalue weighted by molar-refractivity contribution is 6.35. The summed E-state index contributed by atoms with van der Waals surface area (Å²) in [5.74, 6) is -2.24. The minimum absolute atomic E-state index is 0.0752. The highest BCUT2D eigenvalue weighted by Gasteiger charge is 2.48. The van der Waals surface area contributed by atoms with Gasteiger partial charge >= 0.3 is 0 Å². The number of rotatable bonds is 5. The van der Waals surface area contributed by atoms with E-state index < -0.39 is 24.3 Å². The van der Waals surface area contributed by atoms with Gasteiger partial charge in [-0.3, -0.25) is 19.7 Å². The molecule has 2 heterocycles. The van der Waals surface area contributed by atoms with Crippen molar-refractivity contribution in [1.29, 1.82) is 0 Å². The van der Waals surface area contributed by atoms with Gasteiger partial charge in [0.2, 0.25) is 17.7 Å². The summed E-state index contributed by atoms with van der Waals surface area (Å²) in [5.41, 5.74) is 2.36. The van der Waals surface area contributed by atoms with Gasteiger partial charge in [0.05, 0.1) is 18.0 Å². The number of hydrogen-bond acceptors (Lipinski definition) is 5. The lowest BCUT2D eigenvalue weighted by Gasteiger charge is -2.43. The summed E-state index contributed by atoms with van der Waals surface area (Å²) in [7, 11) is 0. The number of amides is 3. The molecule has 0 bridgehead atoms. The zero-order valence-electron chi connectivity index (χ0n) is 18.1. The van der Waals surface area contributed by atoms with Crippen LogP contribution in [-0.4, -0.2) is 30.2 Å². The Labute approximate surface area is 201 Å². The molecule has 5 N–H and O–H groups in total. The number of piperidine rings is 1. The van der Waals surface area contributed by atoms with Crippen LogP contribution in [0.25, 0.3) is 0 Å². The fourth-order valence-electron chi connectivity index (χ4n) is 4.14. The van der Waals surface area contributed by atoms with Gasteiger partial charge in [-0.2, -0.15) is 0 Å². The van der Waals surface area contributed by atoms with Gasteiger partial charge in [0.25, 0.3) is 0 Å². The SMILES string of the molecule is CC(C)c1ccc(NC(=O)C2CC(=O)NC3NC(Nc4cc(Cl)cc(Cl)c4)NC(=O)C32)cc1. The number of hydrogen-bond donors (Lipinski definition) is 5. The fraction of sp³-hybridized carbons (Fsp3) is 0.348. The van der Waals surface area contributed by atoms with Gasteiger partial charge in [-0.15, -0.1) is 0 Å². The second-order valence-electron chi connectivity index (χ2n) is 8.56. The van der Waals surface area contributed by atoms with Crippen LogP contribution in [-0.2, 0) is 14.4 Å². The molecule has 2 aromatic carbocycles. The number of fused-ring (bicyclic) bond motifs is 1. The quantitative estimate of drug-likeness (QED) is 0.442. The first-order valence-electron chi connectivity index (χ1n) is 10.7. The Kier molecular flexibility index (Phi) is 6.78. The highest BCUT2D eigenvalue weighted by Crippen LogP contribution is 2.29.